The standard InChI is InChI=1S/C25H29NO2/c1-24-11-9-21-20-7-5-19(27)15-18(20)4-6-22(21)23(24)10-13-25(24,28)12-8-17-3-2-14-26-16-17/h2-3,14-16,20-23,28H,4-7,9-11,13H2,1H3/t20-,21-,22+,23+,24-,25?/m0/s1. The first kappa shape index (κ1) is 18.1. The van der Waals surface area contributed by atoms with Crippen molar-refractivity contribution in [3.05, 3.63) is 41.7 Å². The molecule has 0 spiro atoms. The lowest BCUT2D eigenvalue weighted by atomic mass is 9.50. The molecule has 1 unspecified atom stereocenters. The number of carbonyl (C=O) groups is 1. The number of nitrogens with zero attached hydrogens (tertiary/aromatic N) is 1. The number of allylic oxidation sites excluding steroid dienone is 1. The Morgan fingerprint density at radius 3 is 2.86 bits per heavy atom. The summed E-state index contributed by atoms with van der Waals surface area (Å²) >= 11 is 0. The van der Waals surface area contributed by atoms with Gasteiger partial charge in [-0.25, -0.2) is 0 Å². The summed E-state index contributed by atoms with van der Waals surface area (Å²) in [6.07, 6.45) is 13.5. The number of rotatable bonds is 0. The van der Waals surface area contributed by atoms with E-state index in [1.54, 1.807) is 12.4 Å². The summed E-state index contributed by atoms with van der Waals surface area (Å²) in [5.74, 6) is 9.32. The van der Waals surface area contributed by atoms with E-state index >= 15 is 0 Å². The van der Waals surface area contributed by atoms with Gasteiger partial charge in [0.25, 0.3) is 0 Å². The molecule has 1 aromatic heterocycles. The largest absolute Gasteiger partial charge is 0.377 e. The van der Waals surface area contributed by atoms with Crippen molar-refractivity contribution in [3.63, 3.8) is 0 Å². The molecule has 3 saturated carbocycles. The van der Waals surface area contributed by atoms with Crippen molar-refractivity contribution in [2.24, 2.45) is 29.1 Å². The Bertz CT molecular complexity index is 879. The third kappa shape index (κ3) is 2.69. The highest BCUT2D eigenvalue weighted by molar-refractivity contribution is 5.91. The van der Waals surface area contributed by atoms with E-state index in [2.05, 4.69) is 23.7 Å². The normalized spacial score (nSPS) is 41.8. The number of aliphatic hydroxyl groups is 1. The van der Waals surface area contributed by atoms with E-state index in [4.69, 9.17) is 0 Å². The van der Waals surface area contributed by atoms with Crippen LogP contribution in [0.4, 0.5) is 0 Å². The summed E-state index contributed by atoms with van der Waals surface area (Å²) < 4.78 is 0. The molecule has 1 aromatic rings. The van der Waals surface area contributed by atoms with E-state index in [1.165, 1.54) is 12.0 Å². The second kappa shape index (κ2) is 6.56. The van der Waals surface area contributed by atoms with Crippen molar-refractivity contribution in [2.75, 3.05) is 0 Å². The van der Waals surface area contributed by atoms with Crippen molar-refractivity contribution >= 4 is 5.78 Å². The van der Waals surface area contributed by atoms with Gasteiger partial charge in [-0.3, -0.25) is 9.78 Å². The lowest BCUT2D eigenvalue weighted by Gasteiger charge is -2.54. The van der Waals surface area contributed by atoms with Crippen LogP contribution >= 0.6 is 0 Å². The lowest BCUT2D eigenvalue weighted by Crippen LogP contribution is -2.52. The number of aromatic nitrogens is 1. The first-order valence-corrected chi connectivity index (χ1v) is 10.9. The number of hydrogen-bond acceptors (Lipinski definition) is 3. The topological polar surface area (TPSA) is 50.2 Å². The third-order valence-electron chi connectivity index (χ3n) is 8.53. The first-order valence-electron chi connectivity index (χ1n) is 10.9. The van der Waals surface area contributed by atoms with Crippen molar-refractivity contribution < 1.29 is 9.90 Å². The van der Waals surface area contributed by atoms with Crippen LogP contribution in [0, 0.1) is 40.9 Å². The quantitative estimate of drug-likeness (QED) is 0.688. The fraction of sp³-hybridized carbons (Fsp3) is 0.600. The predicted molar refractivity (Wildman–Crippen MR) is 108 cm³/mol. The summed E-state index contributed by atoms with van der Waals surface area (Å²) in [6, 6.07) is 3.84. The van der Waals surface area contributed by atoms with Crippen LogP contribution in [0.2, 0.25) is 0 Å². The molecule has 3 heteroatoms. The molecule has 0 amide bonds. The number of pyridine rings is 1. The second-order valence-corrected chi connectivity index (χ2v) is 9.65. The van der Waals surface area contributed by atoms with E-state index in [-0.39, 0.29) is 5.41 Å². The molecule has 0 radical (unpaired) electrons. The Kier molecular flexibility index (Phi) is 4.25. The Labute approximate surface area is 167 Å². The van der Waals surface area contributed by atoms with E-state index in [9.17, 15) is 9.90 Å². The number of fused-ring (bicyclic) bond motifs is 5. The van der Waals surface area contributed by atoms with Gasteiger partial charge in [0.2, 0.25) is 0 Å². The second-order valence-electron chi connectivity index (χ2n) is 9.65. The summed E-state index contributed by atoms with van der Waals surface area (Å²) in [7, 11) is 0. The molecule has 3 nitrogen and oxygen atoms in total. The van der Waals surface area contributed by atoms with Gasteiger partial charge in [0.15, 0.2) is 5.78 Å². The molecule has 5 rings (SSSR count). The number of carbonyl (C=O) groups excluding carboxylic acids is 1. The molecular weight excluding hydrogens is 346 g/mol. The summed E-state index contributed by atoms with van der Waals surface area (Å²) in [5, 5.41) is 11.6. The number of ketones is 1. The fourth-order valence-corrected chi connectivity index (χ4v) is 7.01. The van der Waals surface area contributed by atoms with Crippen molar-refractivity contribution in [1.82, 2.24) is 4.98 Å². The highest BCUT2D eigenvalue weighted by atomic mass is 16.3. The van der Waals surface area contributed by atoms with Crippen LogP contribution in [-0.2, 0) is 4.79 Å². The molecule has 0 saturated heterocycles. The number of hydrogen-bond donors (Lipinski definition) is 1. The van der Waals surface area contributed by atoms with Gasteiger partial charge in [0.1, 0.15) is 5.60 Å². The molecule has 4 aliphatic rings. The van der Waals surface area contributed by atoms with Crippen molar-refractivity contribution in [3.8, 4) is 11.8 Å². The molecule has 6 atom stereocenters. The smallest absolute Gasteiger partial charge is 0.155 e. The molecule has 0 aromatic carbocycles. The molecule has 28 heavy (non-hydrogen) atoms. The van der Waals surface area contributed by atoms with Gasteiger partial charge in [-0.1, -0.05) is 24.3 Å². The zero-order chi connectivity index (χ0) is 19.4. The van der Waals surface area contributed by atoms with Gasteiger partial charge in [-0.2, -0.15) is 0 Å². The molecular formula is C25H29NO2. The summed E-state index contributed by atoms with van der Waals surface area (Å²) in [6.45, 7) is 2.29. The van der Waals surface area contributed by atoms with Crippen LogP contribution in [0.5, 0.6) is 0 Å². The third-order valence-corrected chi connectivity index (χ3v) is 8.53. The maximum atomic E-state index is 11.9. The first-order chi connectivity index (χ1) is 13.5. The van der Waals surface area contributed by atoms with Crippen LogP contribution in [0.3, 0.4) is 0 Å². The van der Waals surface area contributed by atoms with Gasteiger partial charge in [-0.05, 0) is 86.8 Å². The highest BCUT2D eigenvalue weighted by Gasteiger charge is 2.62. The Morgan fingerprint density at radius 2 is 2.04 bits per heavy atom. The SMILES string of the molecule is C[C@]12CC[C@@H]3[C@@H](CCC4=CC(=O)CC[C@@H]43)[C@H]1CCC2(O)C#Cc1cccnc1. The zero-order valence-corrected chi connectivity index (χ0v) is 16.7. The minimum absolute atomic E-state index is 0.130. The van der Waals surface area contributed by atoms with Crippen LogP contribution in [-0.4, -0.2) is 21.5 Å². The Balaban J connectivity index is 1.42. The Hall–Kier alpha value is -1.92. The van der Waals surface area contributed by atoms with Gasteiger partial charge < -0.3 is 5.11 Å². The van der Waals surface area contributed by atoms with Gasteiger partial charge >= 0.3 is 0 Å². The van der Waals surface area contributed by atoms with Gasteiger partial charge in [0, 0.05) is 29.8 Å². The summed E-state index contributed by atoms with van der Waals surface area (Å²) in [4.78, 5) is 16.0. The van der Waals surface area contributed by atoms with Crippen LogP contribution in [0.25, 0.3) is 0 Å². The minimum Gasteiger partial charge on any atom is -0.377 e. The average Bonchev–Trinajstić information content (AvgIpc) is 2.98. The van der Waals surface area contributed by atoms with Crippen LogP contribution in [0.1, 0.15) is 63.9 Å². The van der Waals surface area contributed by atoms with Gasteiger partial charge in [0.05, 0.1) is 0 Å². The average molecular weight is 376 g/mol. The minimum atomic E-state index is -0.906. The van der Waals surface area contributed by atoms with E-state index in [0.717, 1.165) is 50.5 Å². The van der Waals surface area contributed by atoms with E-state index in [1.807, 2.05) is 18.2 Å². The maximum Gasteiger partial charge on any atom is 0.155 e. The molecule has 0 bridgehead atoms. The molecule has 4 aliphatic carbocycles. The molecule has 1 N–H and O–H groups in total. The molecule has 3 fully saturated rings. The van der Waals surface area contributed by atoms with Crippen molar-refractivity contribution in [2.45, 2.75) is 63.9 Å². The van der Waals surface area contributed by atoms with E-state index < -0.39 is 5.60 Å². The lowest BCUT2D eigenvalue weighted by molar-refractivity contribution is -0.116. The van der Waals surface area contributed by atoms with Crippen LogP contribution in [0.15, 0.2) is 36.2 Å². The molecule has 1 heterocycles. The molecule has 0 aliphatic heterocycles. The van der Waals surface area contributed by atoms with E-state index in [0.29, 0.717) is 29.5 Å². The fourth-order valence-electron chi connectivity index (χ4n) is 7.01. The van der Waals surface area contributed by atoms with Crippen LogP contribution < -0.4 is 0 Å². The Morgan fingerprint density at radius 1 is 1.14 bits per heavy atom. The molecule has 146 valence electrons. The predicted octanol–water partition coefficient (Wildman–Crippen LogP) is 4.31. The maximum absolute atomic E-state index is 11.9. The zero-order valence-electron chi connectivity index (χ0n) is 16.7. The van der Waals surface area contributed by atoms with Crippen molar-refractivity contribution in [1.29, 1.82) is 0 Å². The van der Waals surface area contributed by atoms with Gasteiger partial charge in [-0.15, -0.1) is 0 Å². The monoisotopic (exact) mass is 375 g/mol. The highest BCUT2D eigenvalue weighted by Crippen LogP contribution is 2.64. The summed E-state index contributed by atoms with van der Waals surface area (Å²) in [5.41, 5.74) is 1.26.